The molecular weight excluding hydrogens is 250 g/mol. The molecule has 1 heterocycles. The largest absolute Gasteiger partial charge is 0.488 e. The van der Waals surface area contributed by atoms with E-state index in [1.165, 1.54) is 0 Å². The van der Waals surface area contributed by atoms with Crippen LogP contribution in [0.1, 0.15) is 22.6 Å². The summed E-state index contributed by atoms with van der Waals surface area (Å²) in [6.07, 6.45) is 0. The van der Waals surface area contributed by atoms with Crippen LogP contribution in [0.15, 0.2) is 28.7 Å². The molecule has 0 bridgehead atoms. The minimum Gasteiger partial charge on any atom is -0.488 e. The molecular formula is C14H16ClNO2. The lowest BCUT2D eigenvalue weighted by Gasteiger charge is -2.08. The summed E-state index contributed by atoms with van der Waals surface area (Å²) < 4.78 is 11.2. The van der Waals surface area contributed by atoms with Crippen LogP contribution in [-0.4, -0.2) is 0 Å². The Labute approximate surface area is 111 Å². The van der Waals surface area contributed by atoms with E-state index < -0.39 is 0 Å². The fourth-order valence-electron chi connectivity index (χ4n) is 1.72. The number of halogens is 1. The second-order valence-electron chi connectivity index (χ2n) is 4.20. The highest BCUT2D eigenvalue weighted by molar-refractivity contribution is 6.30. The fourth-order valence-corrected chi connectivity index (χ4v) is 1.88. The summed E-state index contributed by atoms with van der Waals surface area (Å²) in [6.45, 7) is 4.75. The molecule has 0 aliphatic rings. The Bertz CT molecular complexity index is 549. The minimum atomic E-state index is 0.400. The van der Waals surface area contributed by atoms with Crippen molar-refractivity contribution < 1.29 is 9.15 Å². The standard InChI is InChI=1S/C14H16ClNO2/c1-9-3-4-12(15)6-14(9)17-8-11-5-13(7-16)18-10(11)2/h3-6H,7-8,16H2,1-2H3. The lowest BCUT2D eigenvalue weighted by molar-refractivity contribution is 0.301. The second kappa shape index (κ2) is 5.46. The van der Waals surface area contributed by atoms with E-state index in [1.807, 2.05) is 38.1 Å². The molecule has 1 aromatic heterocycles. The Balaban J connectivity index is 2.11. The number of hydrogen-bond acceptors (Lipinski definition) is 3. The zero-order valence-corrected chi connectivity index (χ0v) is 11.3. The van der Waals surface area contributed by atoms with Crippen LogP contribution in [0.25, 0.3) is 0 Å². The monoisotopic (exact) mass is 265 g/mol. The van der Waals surface area contributed by atoms with E-state index in [-0.39, 0.29) is 0 Å². The van der Waals surface area contributed by atoms with Crippen LogP contribution >= 0.6 is 11.6 Å². The Morgan fingerprint density at radius 3 is 2.72 bits per heavy atom. The van der Waals surface area contributed by atoms with Gasteiger partial charge in [-0.2, -0.15) is 0 Å². The van der Waals surface area contributed by atoms with E-state index >= 15 is 0 Å². The molecule has 0 aliphatic heterocycles. The van der Waals surface area contributed by atoms with E-state index in [0.29, 0.717) is 18.2 Å². The number of hydrogen-bond donors (Lipinski definition) is 1. The second-order valence-corrected chi connectivity index (χ2v) is 4.63. The Hall–Kier alpha value is -1.45. The molecule has 0 unspecified atom stereocenters. The smallest absolute Gasteiger partial charge is 0.124 e. The summed E-state index contributed by atoms with van der Waals surface area (Å²) in [5.41, 5.74) is 7.60. The van der Waals surface area contributed by atoms with Crippen LogP contribution in [0.4, 0.5) is 0 Å². The van der Waals surface area contributed by atoms with Gasteiger partial charge in [0.2, 0.25) is 0 Å². The average molecular weight is 266 g/mol. The zero-order valence-electron chi connectivity index (χ0n) is 10.5. The van der Waals surface area contributed by atoms with Crippen molar-refractivity contribution in [3.63, 3.8) is 0 Å². The average Bonchev–Trinajstić information content (AvgIpc) is 2.71. The molecule has 0 saturated carbocycles. The van der Waals surface area contributed by atoms with E-state index in [4.69, 9.17) is 26.5 Å². The van der Waals surface area contributed by atoms with Gasteiger partial charge in [0.25, 0.3) is 0 Å². The SMILES string of the molecule is Cc1ccc(Cl)cc1OCc1cc(CN)oc1C. The van der Waals surface area contributed by atoms with E-state index in [0.717, 1.165) is 28.4 Å². The van der Waals surface area contributed by atoms with Gasteiger partial charge < -0.3 is 14.9 Å². The number of benzene rings is 1. The van der Waals surface area contributed by atoms with Gasteiger partial charge in [0.1, 0.15) is 23.9 Å². The summed E-state index contributed by atoms with van der Waals surface area (Å²) >= 11 is 5.94. The summed E-state index contributed by atoms with van der Waals surface area (Å²) in [6, 6.07) is 7.52. The van der Waals surface area contributed by atoms with Gasteiger partial charge in [-0.3, -0.25) is 0 Å². The van der Waals surface area contributed by atoms with Crippen molar-refractivity contribution >= 4 is 11.6 Å². The third-order valence-electron chi connectivity index (χ3n) is 2.81. The fraction of sp³-hybridized carbons (Fsp3) is 0.286. The van der Waals surface area contributed by atoms with Crippen LogP contribution in [0.2, 0.25) is 5.02 Å². The van der Waals surface area contributed by atoms with Gasteiger partial charge in [-0.1, -0.05) is 17.7 Å². The van der Waals surface area contributed by atoms with Crippen LogP contribution in [0.5, 0.6) is 5.75 Å². The molecule has 0 fully saturated rings. The maximum Gasteiger partial charge on any atom is 0.124 e. The van der Waals surface area contributed by atoms with Crippen molar-refractivity contribution in [2.45, 2.75) is 27.0 Å². The number of aryl methyl sites for hydroxylation is 2. The highest BCUT2D eigenvalue weighted by Gasteiger charge is 2.08. The molecule has 1 aromatic carbocycles. The van der Waals surface area contributed by atoms with Gasteiger partial charge in [0.05, 0.1) is 6.54 Å². The quantitative estimate of drug-likeness (QED) is 0.919. The molecule has 0 atom stereocenters. The van der Waals surface area contributed by atoms with Crippen LogP contribution < -0.4 is 10.5 Å². The van der Waals surface area contributed by atoms with Crippen molar-refractivity contribution in [2.24, 2.45) is 5.73 Å². The van der Waals surface area contributed by atoms with Gasteiger partial charge in [-0.15, -0.1) is 0 Å². The topological polar surface area (TPSA) is 48.4 Å². The zero-order chi connectivity index (χ0) is 13.1. The molecule has 18 heavy (non-hydrogen) atoms. The molecule has 0 radical (unpaired) electrons. The predicted molar refractivity (Wildman–Crippen MR) is 71.9 cm³/mol. The van der Waals surface area contributed by atoms with Crippen LogP contribution in [0.3, 0.4) is 0 Å². The van der Waals surface area contributed by atoms with E-state index in [2.05, 4.69) is 0 Å². The third-order valence-corrected chi connectivity index (χ3v) is 3.04. The maximum absolute atomic E-state index is 5.94. The molecule has 0 saturated heterocycles. The Morgan fingerprint density at radius 1 is 1.28 bits per heavy atom. The highest BCUT2D eigenvalue weighted by atomic mass is 35.5. The molecule has 2 N–H and O–H groups in total. The number of furan rings is 1. The number of nitrogens with two attached hydrogens (primary N) is 1. The van der Waals surface area contributed by atoms with Crippen molar-refractivity contribution in [1.29, 1.82) is 0 Å². The van der Waals surface area contributed by atoms with Crippen molar-refractivity contribution in [2.75, 3.05) is 0 Å². The Kier molecular flexibility index (Phi) is 3.94. The van der Waals surface area contributed by atoms with Gasteiger partial charge >= 0.3 is 0 Å². The molecule has 4 heteroatoms. The maximum atomic E-state index is 5.94. The molecule has 2 aromatic rings. The molecule has 0 amide bonds. The normalized spacial score (nSPS) is 10.7. The van der Waals surface area contributed by atoms with Gasteiger partial charge in [-0.25, -0.2) is 0 Å². The summed E-state index contributed by atoms with van der Waals surface area (Å²) in [7, 11) is 0. The molecule has 0 aliphatic carbocycles. The highest BCUT2D eigenvalue weighted by Crippen LogP contribution is 2.24. The first-order chi connectivity index (χ1) is 8.60. The summed E-state index contributed by atoms with van der Waals surface area (Å²) in [5.74, 6) is 2.40. The number of rotatable bonds is 4. The third kappa shape index (κ3) is 2.86. The van der Waals surface area contributed by atoms with E-state index in [1.54, 1.807) is 0 Å². The number of ether oxygens (including phenoxy) is 1. The predicted octanol–water partition coefficient (Wildman–Crippen LogP) is 3.59. The van der Waals surface area contributed by atoms with Crippen molar-refractivity contribution in [3.8, 4) is 5.75 Å². The van der Waals surface area contributed by atoms with Crippen LogP contribution in [0, 0.1) is 13.8 Å². The van der Waals surface area contributed by atoms with Gasteiger partial charge in [0, 0.05) is 10.6 Å². The first-order valence-electron chi connectivity index (χ1n) is 5.77. The molecule has 96 valence electrons. The lowest BCUT2D eigenvalue weighted by atomic mass is 10.2. The minimum absolute atomic E-state index is 0.400. The molecule has 3 nitrogen and oxygen atoms in total. The molecule has 2 rings (SSSR count). The summed E-state index contributed by atoms with van der Waals surface area (Å²) in [4.78, 5) is 0. The molecule has 0 spiro atoms. The first kappa shape index (κ1) is 13.0. The van der Waals surface area contributed by atoms with Crippen LogP contribution in [-0.2, 0) is 13.2 Å². The van der Waals surface area contributed by atoms with E-state index in [9.17, 15) is 0 Å². The Morgan fingerprint density at radius 2 is 2.06 bits per heavy atom. The van der Waals surface area contributed by atoms with Crippen molar-refractivity contribution in [3.05, 3.63) is 51.9 Å². The van der Waals surface area contributed by atoms with Crippen molar-refractivity contribution in [1.82, 2.24) is 0 Å². The lowest BCUT2D eigenvalue weighted by Crippen LogP contribution is -1.97. The van der Waals surface area contributed by atoms with Gasteiger partial charge in [0.15, 0.2) is 0 Å². The summed E-state index contributed by atoms with van der Waals surface area (Å²) in [5, 5.41) is 0.669. The van der Waals surface area contributed by atoms with Gasteiger partial charge in [-0.05, 0) is 37.6 Å². The first-order valence-corrected chi connectivity index (χ1v) is 6.15.